The van der Waals surface area contributed by atoms with Crippen molar-refractivity contribution < 1.29 is 19.1 Å². The first-order chi connectivity index (χ1) is 11.7. The molecule has 8 heteroatoms. The molecule has 1 aromatic heterocycles. The molecule has 24 heavy (non-hydrogen) atoms. The molecule has 2 aromatic rings. The van der Waals surface area contributed by atoms with Crippen molar-refractivity contribution in [3.63, 3.8) is 0 Å². The van der Waals surface area contributed by atoms with Gasteiger partial charge in [-0.2, -0.15) is 0 Å². The number of rotatable bonds is 6. The predicted octanol–water partition coefficient (Wildman–Crippen LogP) is 1.79. The van der Waals surface area contributed by atoms with E-state index in [1.165, 1.54) is 16.2 Å². The molecule has 1 aromatic carbocycles. The van der Waals surface area contributed by atoms with Crippen molar-refractivity contribution >= 4 is 23.3 Å². The van der Waals surface area contributed by atoms with Crippen molar-refractivity contribution in [2.45, 2.75) is 19.1 Å². The maximum atomic E-state index is 12.4. The van der Waals surface area contributed by atoms with Gasteiger partial charge < -0.3 is 14.8 Å². The molecule has 0 aliphatic carbocycles. The average molecular weight is 347 g/mol. The highest BCUT2D eigenvalue weighted by molar-refractivity contribution is 7.09. The van der Waals surface area contributed by atoms with Gasteiger partial charge >= 0.3 is 6.09 Å². The highest BCUT2D eigenvalue weighted by Crippen LogP contribution is 2.18. The smallest absolute Gasteiger partial charge is 0.411 e. The number of thiazole rings is 1. The number of hydrogen-bond donors (Lipinski definition) is 1. The van der Waals surface area contributed by atoms with E-state index in [9.17, 15) is 9.59 Å². The molecule has 3 rings (SSSR count). The third-order valence-corrected chi connectivity index (χ3v) is 4.46. The van der Waals surface area contributed by atoms with Crippen molar-refractivity contribution in [2.75, 3.05) is 13.7 Å². The molecule has 0 saturated carbocycles. The van der Waals surface area contributed by atoms with E-state index in [1.54, 1.807) is 13.3 Å². The Kier molecular flexibility index (Phi) is 4.95. The predicted molar refractivity (Wildman–Crippen MR) is 87.6 cm³/mol. The van der Waals surface area contributed by atoms with Gasteiger partial charge in [0.2, 0.25) is 5.91 Å². The van der Waals surface area contributed by atoms with Crippen molar-refractivity contribution in [1.82, 2.24) is 15.2 Å². The van der Waals surface area contributed by atoms with E-state index in [0.717, 1.165) is 16.3 Å². The zero-order chi connectivity index (χ0) is 16.9. The Morgan fingerprint density at radius 2 is 2.25 bits per heavy atom. The summed E-state index contributed by atoms with van der Waals surface area (Å²) in [6.07, 6.45) is 1.18. The summed E-state index contributed by atoms with van der Waals surface area (Å²) in [4.78, 5) is 29.8. The number of carbonyl (C=O) groups is 2. The van der Waals surface area contributed by atoms with Crippen molar-refractivity contribution in [1.29, 1.82) is 0 Å². The van der Waals surface area contributed by atoms with Gasteiger partial charge in [-0.3, -0.25) is 9.69 Å². The highest BCUT2D eigenvalue weighted by atomic mass is 32.1. The lowest BCUT2D eigenvalue weighted by molar-refractivity contribution is -0.125. The maximum absolute atomic E-state index is 12.4. The second kappa shape index (κ2) is 7.31. The second-order valence-electron chi connectivity index (χ2n) is 5.21. The van der Waals surface area contributed by atoms with Crippen LogP contribution in [0.5, 0.6) is 5.75 Å². The summed E-state index contributed by atoms with van der Waals surface area (Å²) < 4.78 is 10.1. The van der Waals surface area contributed by atoms with Crippen LogP contribution in [0.1, 0.15) is 10.6 Å². The molecule has 126 valence electrons. The lowest BCUT2D eigenvalue weighted by Crippen LogP contribution is -2.45. The van der Waals surface area contributed by atoms with E-state index in [-0.39, 0.29) is 19.1 Å². The van der Waals surface area contributed by atoms with Gasteiger partial charge in [0, 0.05) is 18.1 Å². The van der Waals surface area contributed by atoms with E-state index < -0.39 is 12.1 Å². The minimum absolute atomic E-state index is 0.0542. The number of nitrogens with zero attached hydrogens (tertiary/aromatic N) is 2. The standard InChI is InChI=1S/C16H17N3O4S/c1-22-12-4-2-11(3-5-12)8-18-15(20)13-10-23-16(21)19(13)9-14-17-6-7-24-14/h2-7,13H,8-10H2,1H3,(H,18,20)/t13-/m0/s1. The zero-order valence-corrected chi connectivity index (χ0v) is 13.9. The molecule has 1 N–H and O–H groups in total. The Balaban J connectivity index is 1.59. The number of benzene rings is 1. The first kappa shape index (κ1) is 16.3. The molecule has 1 atom stereocenters. The van der Waals surface area contributed by atoms with Gasteiger partial charge in [-0.25, -0.2) is 9.78 Å². The number of hydrogen-bond acceptors (Lipinski definition) is 6. The zero-order valence-electron chi connectivity index (χ0n) is 13.1. The Hall–Kier alpha value is -2.61. The molecule has 7 nitrogen and oxygen atoms in total. The van der Waals surface area contributed by atoms with E-state index >= 15 is 0 Å². The number of cyclic esters (lactones) is 1. The van der Waals surface area contributed by atoms with Gasteiger partial charge in [0.05, 0.1) is 13.7 Å². The van der Waals surface area contributed by atoms with Crippen LogP contribution in [0.2, 0.25) is 0 Å². The summed E-state index contributed by atoms with van der Waals surface area (Å²) in [6, 6.07) is 6.78. The van der Waals surface area contributed by atoms with Crippen LogP contribution < -0.4 is 10.1 Å². The van der Waals surface area contributed by atoms with Gasteiger partial charge in [-0.05, 0) is 17.7 Å². The van der Waals surface area contributed by atoms with Crippen LogP contribution in [0, 0.1) is 0 Å². The second-order valence-corrected chi connectivity index (χ2v) is 6.19. The SMILES string of the molecule is COc1ccc(CNC(=O)[C@@H]2COC(=O)N2Cc2nccs2)cc1. The lowest BCUT2D eigenvalue weighted by Gasteiger charge is -2.19. The molecular formula is C16H17N3O4S. The molecule has 0 spiro atoms. The number of amides is 2. The van der Waals surface area contributed by atoms with Crippen LogP contribution in [0.4, 0.5) is 4.79 Å². The van der Waals surface area contributed by atoms with E-state index in [1.807, 2.05) is 29.6 Å². The number of carbonyl (C=O) groups excluding carboxylic acids is 2. The van der Waals surface area contributed by atoms with Crippen LogP contribution in [0.15, 0.2) is 35.8 Å². The largest absolute Gasteiger partial charge is 0.497 e. The molecule has 0 radical (unpaired) electrons. The topological polar surface area (TPSA) is 80.8 Å². The Morgan fingerprint density at radius 1 is 1.46 bits per heavy atom. The normalized spacial score (nSPS) is 16.8. The van der Waals surface area contributed by atoms with Crippen LogP contribution in [-0.4, -0.2) is 41.6 Å². The molecule has 2 amide bonds. The molecule has 2 heterocycles. The maximum Gasteiger partial charge on any atom is 0.411 e. The summed E-state index contributed by atoms with van der Waals surface area (Å²) in [5, 5.41) is 5.43. The molecule has 1 fully saturated rings. The number of ether oxygens (including phenoxy) is 2. The fraction of sp³-hybridized carbons (Fsp3) is 0.312. The van der Waals surface area contributed by atoms with E-state index in [0.29, 0.717) is 6.54 Å². The molecule has 0 unspecified atom stereocenters. The molecule has 1 aliphatic rings. The van der Waals surface area contributed by atoms with Gasteiger partial charge in [-0.15, -0.1) is 11.3 Å². The van der Waals surface area contributed by atoms with Crippen LogP contribution >= 0.6 is 11.3 Å². The van der Waals surface area contributed by atoms with Crippen LogP contribution in [0.25, 0.3) is 0 Å². The first-order valence-electron chi connectivity index (χ1n) is 7.40. The van der Waals surface area contributed by atoms with Crippen LogP contribution in [0.3, 0.4) is 0 Å². The van der Waals surface area contributed by atoms with Crippen molar-refractivity contribution in [2.24, 2.45) is 0 Å². The molecular weight excluding hydrogens is 330 g/mol. The fourth-order valence-corrected chi connectivity index (χ4v) is 2.98. The number of nitrogens with one attached hydrogen (secondary N) is 1. The Morgan fingerprint density at radius 3 is 2.92 bits per heavy atom. The molecule has 1 aliphatic heterocycles. The monoisotopic (exact) mass is 347 g/mol. The minimum Gasteiger partial charge on any atom is -0.497 e. The van der Waals surface area contributed by atoms with Gasteiger partial charge in [0.15, 0.2) is 0 Å². The lowest BCUT2D eigenvalue weighted by atomic mass is 10.2. The summed E-state index contributed by atoms with van der Waals surface area (Å²) in [6.45, 7) is 0.703. The van der Waals surface area contributed by atoms with E-state index in [4.69, 9.17) is 9.47 Å². The first-order valence-corrected chi connectivity index (χ1v) is 8.28. The van der Waals surface area contributed by atoms with Gasteiger partial charge in [0.1, 0.15) is 23.4 Å². The summed E-state index contributed by atoms with van der Waals surface area (Å²) in [5.74, 6) is 0.516. The van der Waals surface area contributed by atoms with Gasteiger partial charge in [-0.1, -0.05) is 12.1 Å². The van der Waals surface area contributed by atoms with Crippen LogP contribution in [-0.2, 0) is 22.6 Å². The fourth-order valence-electron chi connectivity index (χ4n) is 2.37. The third-order valence-electron chi connectivity index (χ3n) is 3.69. The van der Waals surface area contributed by atoms with Crippen molar-refractivity contribution in [3.05, 3.63) is 46.4 Å². The van der Waals surface area contributed by atoms with Crippen molar-refractivity contribution in [3.8, 4) is 5.75 Å². The molecule has 0 bridgehead atoms. The number of aromatic nitrogens is 1. The minimum atomic E-state index is -0.639. The summed E-state index contributed by atoms with van der Waals surface area (Å²) in [7, 11) is 1.60. The Labute approximate surface area is 143 Å². The Bertz CT molecular complexity index is 703. The average Bonchev–Trinajstić information content (AvgIpc) is 3.24. The summed E-state index contributed by atoms with van der Waals surface area (Å²) >= 11 is 1.44. The highest BCUT2D eigenvalue weighted by Gasteiger charge is 2.38. The number of methoxy groups -OCH3 is 1. The van der Waals surface area contributed by atoms with Gasteiger partial charge in [0.25, 0.3) is 0 Å². The quantitative estimate of drug-likeness (QED) is 0.862. The van der Waals surface area contributed by atoms with E-state index in [2.05, 4.69) is 10.3 Å². The third kappa shape index (κ3) is 3.65. The molecule has 1 saturated heterocycles. The summed E-state index contributed by atoms with van der Waals surface area (Å²) in [5.41, 5.74) is 0.945.